The maximum atomic E-state index is 14.5. The average Bonchev–Trinajstić information content (AvgIpc) is 3.47. The molecule has 10 heteroatoms. The van der Waals surface area contributed by atoms with E-state index in [4.69, 9.17) is 0 Å². The average molecular weight is 449 g/mol. The van der Waals surface area contributed by atoms with Crippen molar-refractivity contribution in [2.75, 3.05) is 6.54 Å². The van der Waals surface area contributed by atoms with Gasteiger partial charge in [0.25, 0.3) is 10.0 Å². The lowest BCUT2D eigenvalue weighted by atomic mass is 10.1. The third-order valence-corrected chi connectivity index (χ3v) is 8.41. The molecule has 0 radical (unpaired) electrons. The minimum absolute atomic E-state index is 0.113. The highest BCUT2D eigenvalue weighted by Gasteiger charge is 2.39. The highest BCUT2D eigenvalue weighted by molar-refractivity contribution is 7.91. The predicted octanol–water partition coefficient (Wildman–Crippen LogP) is 2.85. The van der Waals surface area contributed by atoms with E-state index >= 15 is 0 Å². The SMILES string of the molecule is Cc1nccn1-c1ccc(CNC(=O)[C@@H]2CCCN2S(=O)(=O)c2cccs2)cc1F. The number of hydrogen-bond donors (Lipinski definition) is 1. The van der Waals surface area contributed by atoms with Gasteiger partial charge in [-0.05, 0) is 48.9 Å². The summed E-state index contributed by atoms with van der Waals surface area (Å²) in [6.45, 7) is 2.21. The van der Waals surface area contributed by atoms with Crippen LogP contribution in [0.4, 0.5) is 4.39 Å². The summed E-state index contributed by atoms with van der Waals surface area (Å²) in [7, 11) is -3.69. The maximum absolute atomic E-state index is 14.5. The zero-order valence-electron chi connectivity index (χ0n) is 16.3. The molecule has 4 rings (SSSR count). The Morgan fingerprint density at radius 2 is 2.20 bits per heavy atom. The molecule has 3 heterocycles. The molecule has 0 unspecified atom stereocenters. The van der Waals surface area contributed by atoms with Crippen LogP contribution >= 0.6 is 11.3 Å². The van der Waals surface area contributed by atoms with Crippen LogP contribution in [-0.2, 0) is 21.4 Å². The van der Waals surface area contributed by atoms with Gasteiger partial charge in [-0.2, -0.15) is 4.31 Å². The van der Waals surface area contributed by atoms with Crippen molar-refractivity contribution in [2.24, 2.45) is 0 Å². The number of amides is 1. The van der Waals surface area contributed by atoms with Crippen LogP contribution in [0.25, 0.3) is 5.69 Å². The van der Waals surface area contributed by atoms with Gasteiger partial charge in [0.05, 0.1) is 5.69 Å². The molecule has 0 spiro atoms. The van der Waals surface area contributed by atoms with Crippen molar-refractivity contribution in [1.29, 1.82) is 0 Å². The van der Waals surface area contributed by atoms with E-state index in [2.05, 4.69) is 10.3 Å². The second-order valence-corrected chi connectivity index (χ2v) is 10.1. The summed E-state index contributed by atoms with van der Waals surface area (Å²) in [5.74, 6) is -0.128. The fourth-order valence-electron chi connectivity index (χ4n) is 3.61. The Balaban J connectivity index is 1.44. The molecule has 7 nitrogen and oxygen atoms in total. The number of hydrogen-bond acceptors (Lipinski definition) is 5. The number of aromatic nitrogens is 2. The van der Waals surface area contributed by atoms with Crippen molar-refractivity contribution in [2.45, 2.75) is 36.6 Å². The largest absolute Gasteiger partial charge is 0.351 e. The molecule has 0 saturated carbocycles. The molecule has 158 valence electrons. The third-order valence-electron chi connectivity index (χ3n) is 5.13. The summed E-state index contributed by atoms with van der Waals surface area (Å²) in [6, 6.07) is 7.19. The molecule has 1 aromatic carbocycles. The number of halogens is 1. The zero-order chi connectivity index (χ0) is 21.3. The van der Waals surface area contributed by atoms with Crippen LogP contribution in [0.5, 0.6) is 0 Å². The van der Waals surface area contributed by atoms with Crippen molar-refractivity contribution in [3.8, 4) is 5.69 Å². The quantitative estimate of drug-likeness (QED) is 0.629. The van der Waals surface area contributed by atoms with E-state index < -0.39 is 21.9 Å². The highest BCUT2D eigenvalue weighted by Crippen LogP contribution is 2.28. The maximum Gasteiger partial charge on any atom is 0.253 e. The molecule has 1 aliphatic rings. The van der Waals surface area contributed by atoms with Crippen LogP contribution in [0.2, 0.25) is 0 Å². The molecule has 1 saturated heterocycles. The van der Waals surface area contributed by atoms with E-state index in [0.717, 1.165) is 11.3 Å². The molecular weight excluding hydrogens is 427 g/mol. The van der Waals surface area contributed by atoms with E-state index in [9.17, 15) is 17.6 Å². The predicted molar refractivity (Wildman–Crippen MR) is 111 cm³/mol. The topological polar surface area (TPSA) is 84.3 Å². The Morgan fingerprint density at radius 3 is 2.87 bits per heavy atom. The molecule has 1 fully saturated rings. The van der Waals surface area contributed by atoms with Crippen LogP contribution in [0.15, 0.2) is 52.3 Å². The van der Waals surface area contributed by atoms with Gasteiger partial charge in [-0.25, -0.2) is 17.8 Å². The van der Waals surface area contributed by atoms with Crippen LogP contribution < -0.4 is 5.32 Å². The van der Waals surface area contributed by atoms with Gasteiger partial charge in [-0.1, -0.05) is 12.1 Å². The number of sulfonamides is 1. The first-order valence-corrected chi connectivity index (χ1v) is 11.8. The van der Waals surface area contributed by atoms with Gasteiger partial charge in [0.2, 0.25) is 5.91 Å². The number of carbonyl (C=O) groups excluding carboxylic acids is 1. The lowest BCUT2D eigenvalue weighted by Gasteiger charge is -2.22. The second-order valence-electron chi connectivity index (χ2n) is 7.05. The Bertz CT molecular complexity index is 1160. The Kier molecular flexibility index (Phi) is 5.72. The van der Waals surface area contributed by atoms with Crippen molar-refractivity contribution in [1.82, 2.24) is 19.2 Å². The van der Waals surface area contributed by atoms with Crippen LogP contribution in [0.3, 0.4) is 0 Å². The number of carbonyl (C=O) groups is 1. The van der Waals surface area contributed by atoms with Gasteiger partial charge in [-0.15, -0.1) is 11.3 Å². The van der Waals surface area contributed by atoms with Crippen molar-refractivity contribution >= 4 is 27.3 Å². The third kappa shape index (κ3) is 3.90. The number of rotatable bonds is 6. The molecule has 1 aliphatic heterocycles. The van der Waals surface area contributed by atoms with Crippen molar-refractivity contribution in [3.63, 3.8) is 0 Å². The fourth-order valence-corrected chi connectivity index (χ4v) is 6.39. The first-order chi connectivity index (χ1) is 14.4. The van der Waals surface area contributed by atoms with Crippen LogP contribution in [0, 0.1) is 12.7 Å². The van der Waals surface area contributed by atoms with E-state index in [1.165, 1.54) is 10.4 Å². The molecule has 1 N–H and O–H groups in total. The molecule has 2 aromatic heterocycles. The summed E-state index contributed by atoms with van der Waals surface area (Å²) >= 11 is 1.13. The molecule has 30 heavy (non-hydrogen) atoms. The van der Waals surface area contributed by atoms with Gasteiger partial charge in [0.1, 0.15) is 21.9 Å². The minimum atomic E-state index is -3.69. The lowest BCUT2D eigenvalue weighted by molar-refractivity contribution is -0.124. The van der Waals surface area contributed by atoms with Crippen molar-refractivity contribution in [3.05, 3.63) is 65.3 Å². The first kappa shape index (κ1) is 20.7. The number of benzene rings is 1. The second kappa shape index (κ2) is 8.29. The van der Waals surface area contributed by atoms with Gasteiger partial charge in [0, 0.05) is 25.5 Å². The number of imidazole rings is 1. The van der Waals surface area contributed by atoms with E-state index in [-0.39, 0.29) is 16.7 Å². The monoisotopic (exact) mass is 448 g/mol. The minimum Gasteiger partial charge on any atom is -0.351 e. The standard InChI is InChI=1S/C20H21FN4O3S2/c1-14-22-8-10-24(14)17-7-6-15(12-16(17)21)13-23-20(26)18-4-2-9-25(18)30(27,28)19-5-3-11-29-19/h3,5-8,10-12,18H,2,4,9,13H2,1H3,(H,23,26)/t18-/m0/s1. The normalized spacial score (nSPS) is 17.3. The molecule has 1 amide bonds. The number of aryl methyl sites for hydroxylation is 1. The highest BCUT2D eigenvalue weighted by atomic mass is 32.2. The van der Waals surface area contributed by atoms with Gasteiger partial charge in [-0.3, -0.25) is 4.79 Å². The molecule has 3 aromatic rings. The summed E-state index contributed by atoms with van der Waals surface area (Å²) in [6.07, 6.45) is 4.36. The number of nitrogens with zero attached hydrogens (tertiary/aromatic N) is 3. The van der Waals surface area contributed by atoms with Crippen molar-refractivity contribution < 1.29 is 17.6 Å². The van der Waals surface area contributed by atoms with E-state index in [1.807, 2.05) is 0 Å². The molecule has 0 bridgehead atoms. The molecule has 0 aliphatic carbocycles. The smallest absolute Gasteiger partial charge is 0.253 e. The van der Waals surface area contributed by atoms with Crippen LogP contribution in [-0.4, -0.2) is 40.8 Å². The summed E-state index contributed by atoms with van der Waals surface area (Å²) in [5, 5.41) is 4.45. The Labute approximate surface area is 178 Å². The number of thiophene rings is 1. The Hall–Kier alpha value is -2.56. The first-order valence-electron chi connectivity index (χ1n) is 9.50. The Morgan fingerprint density at radius 1 is 1.37 bits per heavy atom. The summed E-state index contributed by atoms with van der Waals surface area (Å²) in [5.41, 5.74) is 0.970. The summed E-state index contributed by atoms with van der Waals surface area (Å²) in [4.78, 5) is 16.8. The van der Waals surface area contributed by atoms with Gasteiger partial charge >= 0.3 is 0 Å². The zero-order valence-corrected chi connectivity index (χ0v) is 17.9. The summed E-state index contributed by atoms with van der Waals surface area (Å²) < 4.78 is 43.3. The fraction of sp³-hybridized carbons (Fsp3) is 0.300. The molecule has 1 atom stereocenters. The van der Waals surface area contributed by atoms with Gasteiger partial charge < -0.3 is 9.88 Å². The molecular formula is C20H21FN4O3S2. The van der Waals surface area contributed by atoms with Gasteiger partial charge in [0.15, 0.2) is 0 Å². The lowest BCUT2D eigenvalue weighted by Crippen LogP contribution is -2.45. The number of nitrogens with one attached hydrogen (secondary N) is 1. The van der Waals surface area contributed by atoms with E-state index in [1.54, 1.807) is 53.5 Å². The van der Waals surface area contributed by atoms with E-state index in [0.29, 0.717) is 36.5 Å². The van der Waals surface area contributed by atoms with Crippen LogP contribution in [0.1, 0.15) is 24.2 Å².